The summed E-state index contributed by atoms with van der Waals surface area (Å²) in [6.45, 7) is 7.48. The first kappa shape index (κ1) is 23.1. The summed E-state index contributed by atoms with van der Waals surface area (Å²) in [7, 11) is 0. The molecule has 9 heteroatoms. The minimum absolute atomic E-state index is 0.180. The minimum Gasteiger partial charge on any atom is -0.336 e. The van der Waals surface area contributed by atoms with E-state index in [1.807, 2.05) is 0 Å². The minimum atomic E-state index is -0.888. The van der Waals surface area contributed by atoms with Crippen LogP contribution in [-0.4, -0.2) is 53.9 Å². The van der Waals surface area contributed by atoms with Crippen molar-refractivity contribution in [1.29, 1.82) is 0 Å². The van der Waals surface area contributed by atoms with Gasteiger partial charge in [-0.05, 0) is 55.2 Å². The lowest BCUT2D eigenvalue weighted by Crippen LogP contribution is -2.51. The van der Waals surface area contributed by atoms with E-state index in [0.29, 0.717) is 43.2 Å². The van der Waals surface area contributed by atoms with Crippen LogP contribution in [0.1, 0.15) is 52.9 Å². The van der Waals surface area contributed by atoms with Crippen LogP contribution < -0.4 is 20.9 Å². The van der Waals surface area contributed by atoms with E-state index in [9.17, 15) is 19.2 Å². The largest absolute Gasteiger partial charge is 0.336 e. The smallest absolute Gasteiger partial charge is 0.325 e. The number of benzene rings is 1. The highest BCUT2D eigenvalue weighted by Gasteiger charge is 2.53. The van der Waals surface area contributed by atoms with Gasteiger partial charge in [0.05, 0.1) is 0 Å². The van der Waals surface area contributed by atoms with E-state index < -0.39 is 17.5 Å². The predicted molar refractivity (Wildman–Crippen MR) is 125 cm³/mol. The van der Waals surface area contributed by atoms with Gasteiger partial charge in [-0.2, -0.15) is 0 Å². The molecule has 3 aliphatic rings. The summed E-state index contributed by atoms with van der Waals surface area (Å²) in [4.78, 5) is 53.0. The van der Waals surface area contributed by atoms with Crippen molar-refractivity contribution in [1.82, 2.24) is 15.5 Å². The second-order valence-electron chi connectivity index (χ2n) is 10.0. The van der Waals surface area contributed by atoms with Crippen molar-refractivity contribution in [2.24, 2.45) is 11.3 Å². The second-order valence-corrected chi connectivity index (χ2v) is 10.0. The number of nitrogens with one attached hydrogen (secondary N) is 3. The monoisotopic (exact) mass is 455 g/mol. The average molecular weight is 456 g/mol. The third-order valence-corrected chi connectivity index (χ3v) is 7.70. The summed E-state index contributed by atoms with van der Waals surface area (Å²) in [5.74, 6) is -0.252. The number of carbonyl (C=O) groups is 4. The van der Waals surface area contributed by atoms with Crippen molar-refractivity contribution in [3.8, 4) is 0 Å². The second kappa shape index (κ2) is 8.68. The Hall–Kier alpha value is -3.10. The van der Waals surface area contributed by atoms with Gasteiger partial charge in [0.2, 0.25) is 5.91 Å². The van der Waals surface area contributed by atoms with Crippen molar-refractivity contribution in [3.05, 3.63) is 24.3 Å². The summed E-state index contributed by atoms with van der Waals surface area (Å²) in [5, 5.41) is 8.37. The molecule has 0 aromatic heterocycles. The summed E-state index contributed by atoms with van der Waals surface area (Å²) < 4.78 is 0. The molecule has 2 aliphatic heterocycles. The van der Waals surface area contributed by atoms with Crippen LogP contribution in [0.4, 0.5) is 21.0 Å². The molecule has 3 N–H and O–H groups in total. The molecule has 1 aromatic rings. The first-order chi connectivity index (χ1) is 15.6. The van der Waals surface area contributed by atoms with Crippen molar-refractivity contribution in [3.63, 3.8) is 0 Å². The van der Waals surface area contributed by atoms with Gasteiger partial charge in [0.15, 0.2) is 0 Å². The molecule has 0 unspecified atom stereocenters. The molecular formula is C24H33N5O4. The van der Waals surface area contributed by atoms with E-state index in [0.717, 1.165) is 24.2 Å². The van der Waals surface area contributed by atoms with Crippen LogP contribution in [0.25, 0.3) is 0 Å². The fourth-order valence-corrected chi connectivity index (χ4v) is 5.15. The Kier molecular flexibility index (Phi) is 6.07. The van der Waals surface area contributed by atoms with Crippen molar-refractivity contribution in [2.45, 2.75) is 58.4 Å². The molecule has 1 saturated carbocycles. The van der Waals surface area contributed by atoms with Crippen LogP contribution in [0.15, 0.2) is 24.3 Å². The Morgan fingerprint density at radius 3 is 2.55 bits per heavy atom. The van der Waals surface area contributed by atoms with Gasteiger partial charge in [0, 0.05) is 24.5 Å². The van der Waals surface area contributed by atoms with Gasteiger partial charge < -0.3 is 16.0 Å². The number of amides is 6. The lowest BCUT2D eigenvalue weighted by atomic mass is 9.65. The molecule has 1 aromatic carbocycles. The number of hydrogen-bond donors (Lipinski definition) is 3. The van der Waals surface area contributed by atoms with Gasteiger partial charge in [0.1, 0.15) is 12.1 Å². The van der Waals surface area contributed by atoms with Gasteiger partial charge in [-0.25, -0.2) is 9.59 Å². The lowest BCUT2D eigenvalue weighted by Gasteiger charge is -2.42. The third-order valence-electron chi connectivity index (χ3n) is 7.70. The zero-order chi connectivity index (χ0) is 23.8. The number of nitrogens with zero attached hydrogens (tertiary/aromatic N) is 2. The highest BCUT2D eigenvalue weighted by molar-refractivity contribution is 6.10. The van der Waals surface area contributed by atoms with Crippen LogP contribution in [0, 0.1) is 11.3 Å². The summed E-state index contributed by atoms with van der Waals surface area (Å²) >= 11 is 0. The van der Waals surface area contributed by atoms with E-state index >= 15 is 0 Å². The van der Waals surface area contributed by atoms with E-state index in [4.69, 9.17) is 0 Å². The van der Waals surface area contributed by atoms with Gasteiger partial charge in [-0.1, -0.05) is 33.3 Å². The SMILES string of the molecule is CCC(C)(C)C1CCC2(CC1)NC(=O)N(CC(=O)Nc1cccc(N3CCNC3=O)c1)C2=O. The molecule has 0 bridgehead atoms. The van der Waals surface area contributed by atoms with Crippen molar-refractivity contribution < 1.29 is 19.2 Å². The number of hydrogen-bond acceptors (Lipinski definition) is 4. The van der Waals surface area contributed by atoms with Crippen LogP contribution in [0.2, 0.25) is 0 Å². The maximum Gasteiger partial charge on any atom is 0.325 e. The Morgan fingerprint density at radius 2 is 1.91 bits per heavy atom. The number of anilines is 2. The molecule has 33 heavy (non-hydrogen) atoms. The van der Waals surface area contributed by atoms with Crippen LogP contribution in [-0.2, 0) is 9.59 Å². The maximum atomic E-state index is 13.2. The van der Waals surface area contributed by atoms with Gasteiger partial charge in [0.25, 0.3) is 5.91 Å². The number of carbonyl (C=O) groups excluding carboxylic acids is 4. The zero-order valence-corrected chi connectivity index (χ0v) is 19.6. The molecule has 2 heterocycles. The fraction of sp³-hybridized carbons (Fsp3) is 0.583. The summed E-state index contributed by atoms with van der Waals surface area (Å²) in [6, 6.07) is 6.26. The highest BCUT2D eigenvalue weighted by atomic mass is 16.2. The molecule has 9 nitrogen and oxygen atoms in total. The normalized spacial score (nSPS) is 25.4. The summed E-state index contributed by atoms with van der Waals surface area (Å²) in [5.41, 5.74) is 0.488. The van der Waals surface area contributed by atoms with Crippen LogP contribution in [0.5, 0.6) is 0 Å². The van der Waals surface area contributed by atoms with Gasteiger partial charge in [-0.15, -0.1) is 0 Å². The highest BCUT2D eigenvalue weighted by Crippen LogP contribution is 2.45. The van der Waals surface area contributed by atoms with Gasteiger partial charge >= 0.3 is 12.1 Å². The fourth-order valence-electron chi connectivity index (χ4n) is 5.15. The standard InChI is InChI=1S/C24H33N5O4/c1-4-23(2,3)16-8-10-24(11-9-16)20(31)29(22(33)27-24)15-19(30)26-17-6-5-7-18(14-17)28-13-12-25-21(28)32/h5-7,14,16H,4,8-13,15H2,1-3H3,(H,25,32)(H,26,30)(H,27,33). The first-order valence-electron chi connectivity index (χ1n) is 11.7. The molecular weight excluding hydrogens is 422 g/mol. The zero-order valence-electron chi connectivity index (χ0n) is 19.6. The Morgan fingerprint density at radius 1 is 1.18 bits per heavy atom. The average Bonchev–Trinajstić information content (AvgIpc) is 3.31. The molecule has 4 rings (SSSR count). The maximum absolute atomic E-state index is 13.2. The number of imide groups is 1. The van der Waals surface area contributed by atoms with E-state index in [1.54, 1.807) is 29.2 Å². The van der Waals surface area contributed by atoms with Crippen LogP contribution in [0.3, 0.4) is 0 Å². The molecule has 1 spiro atoms. The molecule has 178 valence electrons. The van der Waals surface area contributed by atoms with E-state index in [1.165, 1.54) is 0 Å². The lowest BCUT2D eigenvalue weighted by molar-refractivity contribution is -0.135. The Bertz CT molecular complexity index is 967. The number of urea groups is 2. The van der Waals surface area contributed by atoms with Gasteiger partial charge in [-0.3, -0.25) is 19.4 Å². The molecule has 2 saturated heterocycles. The summed E-state index contributed by atoms with van der Waals surface area (Å²) in [6.07, 6.45) is 4.03. The molecule has 3 fully saturated rings. The molecule has 6 amide bonds. The molecule has 1 aliphatic carbocycles. The number of rotatable bonds is 6. The van der Waals surface area contributed by atoms with Crippen molar-refractivity contribution >= 4 is 35.3 Å². The van der Waals surface area contributed by atoms with E-state index in [2.05, 4.69) is 36.7 Å². The topological polar surface area (TPSA) is 111 Å². The third kappa shape index (κ3) is 4.41. The first-order valence-corrected chi connectivity index (χ1v) is 11.7. The van der Waals surface area contributed by atoms with E-state index in [-0.39, 0.29) is 23.9 Å². The quantitative estimate of drug-likeness (QED) is 0.573. The molecule has 0 atom stereocenters. The van der Waals surface area contributed by atoms with Crippen molar-refractivity contribution in [2.75, 3.05) is 29.9 Å². The molecule has 0 radical (unpaired) electrons. The Labute approximate surface area is 194 Å². The Balaban J connectivity index is 1.38. The predicted octanol–water partition coefficient (Wildman–Crippen LogP) is 3.07. The van der Waals surface area contributed by atoms with Crippen LogP contribution >= 0.6 is 0 Å².